The van der Waals surface area contributed by atoms with Crippen LogP contribution in [0.25, 0.3) is 0 Å². The summed E-state index contributed by atoms with van der Waals surface area (Å²) in [6, 6.07) is 3.95. The molecule has 0 saturated carbocycles. The highest BCUT2D eigenvalue weighted by Crippen LogP contribution is 1.97. The first-order valence-electron chi connectivity index (χ1n) is 7.88. The van der Waals surface area contributed by atoms with Crippen molar-refractivity contribution in [1.82, 2.24) is 19.6 Å². The van der Waals surface area contributed by atoms with Gasteiger partial charge in [0.15, 0.2) is 0 Å². The van der Waals surface area contributed by atoms with Crippen LogP contribution in [0.4, 0.5) is 0 Å². The molecule has 6 heteroatoms. The van der Waals surface area contributed by atoms with E-state index in [4.69, 9.17) is 0 Å². The Balaban J connectivity index is 1.83. The minimum Gasteiger partial charge on any atom is -0.291 e. The molecule has 0 fully saturated rings. The molecule has 0 aliphatic carbocycles. The Bertz CT molecular complexity index is 553. The molecule has 118 valence electrons. The maximum Gasteiger partial charge on any atom is 0.103 e. The van der Waals surface area contributed by atoms with E-state index >= 15 is 0 Å². The molecular formula is C16H24N6. The van der Waals surface area contributed by atoms with Crippen LogP contribution in [0.2, 0.25) is 0 Å². The lowest BCUT2D eigenvalue weighted by Crippen LogP contribution is -2.09. The smallest absolute Gasteiger partial charge is 0.103 e. The van der Waals surface area contributed by atoms with Crippen molar-refractivity contribution >= 4 is 12.4 Å². The first-order chi connectivity index (χ1) is 10.8. The van der Waals surface area contributed by atoms with Crippen molar-refractivity contribution in [1.29, 1.82) is 0 Å². The fraction of sp³-hybridized carbons (Fsp3) is 0.500. The number of hydrogen-bond donors (Lipinski definition) is 0. The summed E-state index contributed by atoms with van der Waals surface area (Å²) in [7, 11) is 0. The quantitative estimate of drug-likeness (QED) is 0.668. The largest absolute Gasteiger partial charge is 0.291 e. The lowest BCUT2D eigenvalue weighted by atomic mass is 10.4. The molecule has 2 aromatic heterocycles. The number of aryl methyl sites for hydroxylation is 2. The predicted molar refractivity (Wildman–Crippen MR) is 90.0 cm³/mol. The lowest BCUT2D eigenvalue weighted by molar-refractivity contribution is 0.499. The number of nitrogens with zero attached hydrogens (tertiary/aromatic N) is 6. The summed E-state index contributed by atoms with van der Waals surface area (Å²) >= 11 is 0. The zero-order chi connectivity index (χ0) is 15.6. The molecule has 6 nitrogen and oxygen atoms in total. The highest BCUT2D eigenvalue weighted by Gasteiger charge is 1.99. The molecule has 0 spiro atoms. The zero-order valence-electron chi connectivity index (χ0n) is 13.4. The van der Waals surface area contributed by atoms with E-state index in [0.29, 0.717) is 0 Å². The van der Waals surface area contributed by atoms with Gasteiger partial charge < -0.3 is 0 Å². The first kappa shape index (κ1) is 16.1. The van der Waals surface area contributed by atoms with Gasteiger partial charge in [0.25, 0.3) is 0 Å². The topological polar surface area (TPSA) is 60.4 Å². The number of rotatable bonds is 9. The third-order valence-electron chi connectivity index (χ3n) is 3.03. The molecule has 2 heterocycles. The summed E-state index contributed by atoms with van der Waals surface area (Å²) in [5.41, 5.74) is 1.81. The van der Waals surface area contributed by atoms with Crippen LogP contribution in [0.1, 0.15) is 38.1 Å². The first-order valence-corrected chi connectivity index (χ1v) is 7.88. The minimum absolute atomic E-state index is 0.787. The van der Waals surface area contributed by atoms with Crippen LogP contribution < -0.4 is 0 Å². The fourth-order valence-electron chi connectivity index (χ4n) is 1.92. The molecule has 2 rings (SSSR count). The molecule has 22 heavy (non-hydrogen) atoms. The molecule has 0 N–H and O–H groups in total. The highest BCUT2D eigenvalue weighted by molar-refractivity contribution is 5.76. The van der Waals surface area contributed by atoms with Crippen molar-refractivity contribution in [2.24, 2.45) is 9.98 Å². The van der Waals surface area contributed by atoms with E-state index in [1.54, 1.807) is 0 Å². The van der Waals surface area contributed by atoms with Gasteiger partial charge in [0.05, 0.1) is 13.1 Å². The Kier molecular flexibility index (Phi) is 6.54. The Morgan fingerprint density at radius 1 is 0.864 bits per heavy atom. The van der Waals surface area contributed by atoms with E-state index < -0.39 is 0 Å². The standard InChI is InChI=1S/C16H24N6/c1-3-7-17-13-15-5-9-21(19-15)11-12-22-10-6-16(20-22)14-18-8-4-2/h5-6,9-10,13-14H,3-4,7-8,11-12H2,1-2H3. The summed E-state index contributed by atoms with van der Waals surface area (Å²) in [4.78, 5) is 8.60. The maximum absolute atomic E-state index is 4.46. The van der Waals surface area contributed by atoms with Crippen molar-refractivity contribution < 1.29 is 0 Å². The maximum atomic E-state index is 4.46. The second-order valence-corrected chi connectivity index (χ2v) is 5.08. The van der Waals surface area contributed by atoms with Gasteiger partial charge >= 0.3 is 0 Å². The molecule has 0 bridgehead atoms. The molecule has 0 radical (unpaired) electrons. The van der Waals surface area contributed by atoms with Crippen LogP contribution >= 0.6 is 0 Å². The summed E-state index contributed by atoms with van der Waals surface area (Å²) in [5, 5.41) is 8.93. The van der Waals surface area contributed by atoms with E-state index in [1.807, 2.05) is 46.3 Å². The van der Waals surface area contributed by atoms with Crippen LogP contribution in [0.5, 0.6) is 0 Å². The van der Waals surface area contributed by atoms with Gasteiger partial charge in [-0.05, 0) is 25.0 Å². The molecule has 0 atom stereocenters. The summed E-state index contributed by atoms with van der Waals surface area (Å²) in [5.74, 6) is 0. The Morgan fingerprint density at radius 2 is 1.32 bits per heavy atom. The Morgan fingerprint density at radius 3 is 1.73 bits per heavy atom. The van der Waals surface area contributed by atoms with Gasteiger partial charge in [-0.2, -0.15) is 10.2 Å². The van der Waals surface area contributed by atoms with Gasteiger partial charge in [-0.1, -0.05) is 13.8 Å². The van der Waals surface area contributed by atoms with E-state index in [2.05, 4.69) is 34.0 Å². The van der Waals surface area contributed by atoms with Gasteiger partial charge in [-0.25, -0.2) is 0 Å². The molecule has 0 aromatic carbocycles. The second kappa shape index (κ2) is 8.92. The van der Waals surface area contributed by atoms with Gasteiger partial charge in [0, 0.05) is 37.9 Å². The van der Waals surface area contributed by atoms with Gasteiger partial charge in [0.1, 0.15) is 11.4 Å². The molecule has 2 aromatic rings. The van der Waals surface area contributed by atoms with Crippen molar-refractivity contribution in [2.75, 3.05) is 13.1 Å². The summed E-state index contributed by atoms with van der Waals surface area (Å²) < 4.78 is 3.83. The number of aromatic nitrogens is 4. The molecule has 0 saturated heterocycles. The molecule has 0 unspecified atom stereocenters. The van der Waals surface area contributed by atoms with Crippen LogP contribution in [-0.2, 0) is 13.1 Å². The highest BCUT2D eigenvalue weighted by atomic mass is 15.3. The predicted octanol–water partition coefficient (Wildman–Crippen LogP) is 2.44. The van der Waals surface area contributed by atoms with Crippen LogP contribution in [0.15, 0.2) is 34.5 Å². The average molecular weight is 300 g/mol. The molecule has 0 aliphatic rings. The normalized spacial score (nSPS) is 11.9. The van der Waals surface area contributed by atoms with Gasteiger partial charge in [0.2, 0.25) is 0 Å². The van der Waals surface area contributed by atoms with Crippen molar-refractivity contribution in [3.8, 4) is 0 Å². The van der Waals surface area contributed by atoms with E-state index in [0.717, 1.165) is 50.4 Å². The van der Waals surface area contributed by atoms with Crippen LogP contribution in [-0.4, -0.2) is 45.1 Å². The zero-order valence-corrected chi connectivity index (χ0v) is 13.4. The number of aliphatic imine (C=N–C) groups is 2. The van der Waals surface area contributed by atoms with E-state index in [-0.39, 0.29) is 0 Å². The van der Waals surface area contributed by atoms with Crippen molar-refractivity contribution in [3.05, 3.63) is 35.9 Å². The SMILES string of the molecule is CCCN=Cc1ccn(CCn2ccc(C=NCCC)n2)n1. The molecular weight excluding hydrogens is 276 g/mol. The monoisotopic (exact) mass is 300 g/mol. The third kappa shape index (κ3) is 5.27. The second-order valence-electron chi connectivity index (χ2n) is 5.08. The number of hydrogen-bond acceptors (Lipinski definition) is 4. The minimum atomic E-state index is 0.787. The molecule has 0 amide bonds. The van der Waals surface area contributed by atoms with Crippen molar-refractivity contribution in [2.45, 2.75) is 39.8 Å². The van der Waals surface area contributed by atoms with Gasteiger partial charge in [-0.3, -0.25) is 19.3 Å². The van der Waals surface area contributed by atoms with Crippen molar-refractivity contribution in [3.63, 3.8) is 0 Å². The Hall–Kier alpha value is -2.24. The Labute approximate surface area is 131 Å². The average Bonchev–Trinajstić information content (AvgIpc) is 3.15. The van der Waals surface area contributed by atoms with Gasteiger partial charge in [-0.15, -0.1) is 0 Å². The third-order valence-corrected chi connectivity index (χ3v) is 3.03. The van der Waals surface area contributed by atoms with E-state index in [9.17, 15) is 0 Å². The van der Waals surface area contributed by atoms with E-state index in [1.165, 1.54) is 0 Å². The van der Waals surface area contributed by atoms with Crippen LogP contribution in [0.3, 0.4) is 0 Å². The molecule has 0 aliphatic heterocycles. The summed E-state index contributed by atoms with van der Waals surface area (Å²) in [6.07, 6.45) is 9.72. The van der Waals surface area contributed by atoms with Crippen LogP contribution in [0, 0.1) is 0 Å². The fourth-order valence-corrected chi connectivity index (χ4v) is 1.92. The summed E-state index contributed by atoms with van der Waals surface area (Å²) in [6.45, 7) is 7.50. The lowest BCUT2D eigenvalue weighted by Gasteiger charge is -2.01.